The summed E-state index contributed by atoms with van der Waals surface area (Å²) in [5.41, 5.74) is 6.18. The van der Waals surface area contributed by atoms with Crippen molar-refractivity contribution >= 4 is 17.4 Å². The molecule has 1 atom stereocenters. The van der Waals surface area contributed by atoms with Crippen LogP contribution in [0.4, 0.5) is 0 Å². The summed E-state index contributed by atoms with van der Waals surface area (Å²) in [5, 5.41) is 11.8. The van der Waals surface area contributed by atoms with Crippen LogP contribution in [0.1, 0.15) is 86.5 Å². The second kappa shape index (κ2) is 10.6. The quantitative estimate of drug-likeness (QED) is 0.207. The number of hydrogen-bond acceptors (Lipinski definition) is 4. The lowest BCUT2D eigenvalue weighted by Crippen LogP contribution is -2.29. The van der Waals surface area contributed by atoms with Gasteiger partial charge in [-0.3, -0.25) is 9.59 Å². The molecule has 1 amide bonds. The minimum absolute atomic E-state index is 0.0558. The summed E-state index contributed by atoms with van der Waals surface area (Å²) in [6.45, 7) is 16.9. The van der Waals surface area contributed by atoms with E-state index >= 15 is 0 Å². The molecule has 1 N–H and O–H groups in total. The van der Waals surface area contributed by atoms with Gasteiger partial charge in [0.2, 0.25) is 0 Å². The van der Waals surface area contributed by atoms with E-state index in [1.54, 1.807) is 11.0 Å². The number of aliphatic hydroxyl groups is 1. The molecule has 210 valence electrons. The fourth-order valence-electron chi connectivity index (χ4n) is 5.21. The molecule has 5 nitrogen and oxygen atoms in total. The molecule has 5 heteroatoms. The number of nitrogens with zero attached hydrogens (tertiary/aromatic N) is 1. The molecule has 1 aliphatic rings. The Morgan fingerprint density at radius 2 is 1.45 bits per heavy atom. The number of methoxy groups -OCH3 is 1. The first kappa shape index (κ1) is 29.1. The number of amides is 1. The van der Waals surface area contributed by atoms with Crippen LogP contribution in [-0.4, -0.2) is 28.8 Å². The number of likely N-dealkylation sites (tertiary alicyclic amines) is 1. The van der Waals surface area contributed by atoms with Crippen molar-refractivity contribution in [2.45, 2.75) is 78.8 Å². The summed E-state index contributed by atoms with van der Waals surface area (Å²) in [6, 6.07) is 19.0. The summed E-state index contributed by atoms with van der Waals surface area (Å²) < 4.78 is 5.60. The topological polar surface area (TPSA) is 66.8 Å². The summed E-state index contributed by atoms with van der Waals surface area (Å²) >= 11 is 0. The molecule has 3 aromatic rings. The summed E-state index contributed by atoms with van der Waals surface area (Å²) in [7, 11) is 1.53. The van der Waals surface area contributed by atoms with E-state index in [2.05, 4.69) is 41.5 Å². The average Bonchev–Trinajstić information content (AvgIpc) is 3.14. The zero-order valence-corrected chi connectivity index (χ0v) is 25.2. The minimum atomic E-state index is -0.753. The lowest BCUT2D eigenvalue weighted by Gasteiger charge is -2.27. The van der Waals surface area contributed by atoms with Gasteiger partial charge in [0.05, 0.1) is 24.3 Å². The third-order valence-corrected chi connectivity index (χ3v) is 7.80. The Hall–Kier alpha value is -3.86. The van der Waals surface area contributed by atoms with Gasteiger partial charge in [0.1, 0.15) is 11.5 Å². The Balaban J connectivity index is 1.95. The van der Waals surface area contributed by atoms with Crippen LogP contribution in [0.25, 0.3) is 5.76 Å². The Morgan fingerprint density at radius 1 is 0.850 bits per heavy atom. The highest BCUT2D eigenvalue weighted by Gasteiger charge is 2.46. The molecule has 0 aromatic heterocycles. The van der Waals surface area contributed by atoms with Gasteiger partial charge in [-0.05, 0) is 64.6 Å². The van der Waals surface area contributed by atoms with E-state index in [1.807, 2.05) is 68.4 Å². The van der Waals surface area contributed by atoms with Crippen molar-refractivity contribution in [2.75, 3.05) is 7.11 Å². The van der Waals surface area contributed by atoms with Crippen LogP contribution < -0.4 is 4.74 Å². The number of aliphatic hydroxyl groups excluding tert-OH is 1. The number of aryl methyl sites for hydroxylation is 2. The first-order chi connectivity index (χ1) is 18.6. The highest BCUT2D eigenvalue weighted by atomic mass is 16.5. The van der Waals surface area contributed by atoms with E-state index in [1.165, 1.54) is 7.11 Å². The summed E-state index contributed by atoms with van der Waals surface area (Å²) in [4.78, 5) is 28.9. The van der Waals surface area contributed by atoms with Crippen molar-refractivity contribution in [1.82, 2.24) is 4.90 Å². The van der Waals surface area contributed by atoms with Gasteiger partial charge in [-0.25, -0.2) is 0 Å². The largest absolute Gasteiger partial charge is 0.507 e. The van der Waals surface area contributed by atoms with Crippen molar-refractivity contribution in [2.24, 2.45) is 0 Å². The van der Waals surface area contributed by atoms with Gasteiger partial charge in [0.15, 0.2) is 0 Å². The smallest absolute Gasteiger partial charge is 0.295 e. The number of Topliss-reactive ketones (excluding diaryl/α,β-unsaturated/α-hetero) is 1. The predicted molar refractivity (Wildman–Crippen MR) is 161 cm³/mol. The SMILES string of the molecule is COc1ccc(C(C)(C)C)cc1/C(O)=C1\C(=O)C(=O)N(Cc2cc(C)ccc2C)C1c1ccc(C(C)(C)C)cc1. The molecule has 1 fully saturated rings. The van der Waals surface area contributed by atoms with E-state index < -0.39 is 17.7 Å². The number of hydrogen-bond donors (Lipinski definition) is 1. The van der Waals surface area contributed by atoms with Crippen LogP contribution in [0.2, 0.25) is 0 Å². The standard InChI is InChI=1S/C35H41NO4/c1-21-10-11-22(2)24(18-21)20-36-30(23-12-14-25(15-13-23)34(3,4)5)29(32(38)33(36)39)31(37)27-19-26(35(6,7)8)16-17-28(27)40-9/h10-19,30,37H,20H2,1-9H3/b31-29+. The van der Waals surface area contributed by atoms with Crippen molar-refractivity contribution in [3.8, 4) is 5.75 Å². The van der Waals surface area contributed by atoms with Crippen molar-refractivity contribution < 1.29 is 19.4 Å². The molecule has 40 heavy (non-hydrogen) atoms. The second-order valence-electron chi connectivity index (χ2n) is 12.9. The molecule has 0 saturated carbocycles. The van der Waals surface area contributed by atoms with Gasteiger partial charge in [-0.1, -0.05) is 95.6 Å². The van der Waals surface area contributed by atoms with Crippen LogP contribution in [0.3, 0.4) is 0 Å². The van der Waals surface area contributed by atoms with Crippen LogP contribution >= 0.6 is 0 Å². The molecule has 4 rings (SSSR count). The first-order valence-electron chi connectivity index (χ1n) is 13.8. The molecule has 0 spiro atoms. The number of ketones is 1. The molecular weight excluding hydrogens is 498 g/mol. The monoisotopic (exact) mass is 539 g/mol. The van der Waals surface area contributed by atoms with E-state index in [9.17, 15) is 14.7 Å². The molecular formula is C35H41NO4. The van der Waals surface area contributed by atoms with Gasteiger partial charge in [0, 0.05) is 6.54 Å². The maximum absolute atomic E-state index is 13.7. The predicted octanol–water partition coefficient (Wildman–Crippen LogP) is 7.53. The Morgan fingerprint density at radius 3 is 2.02 bits per heavy atom. The third-order valence-electron chi connectivity index (χ3n) is 7.80. The van der Waals surface area contributed by atoms with Crippen molar-refractivity contribution in [1.29, 1.82) is 0 Å². The fourth-order valence-corrected chi connectivity index (χ4v) is 5.21. The highest BCUT2D eigenvalue weighted by Crippen LogP contribution is 2.43. The molecule has 1 unspecified atom stereocenters. The number of ether oxygens (including phenoxy) is 1. The van der Waals surface area contributed by atoms with E-state index in [-0.39, 0.29) is 28.7 Å². The van der Waals surface area contributed by atoms with Crippen molar-refractivity contribution in [3.05, 3.63) is 105 Å². The van der Waals surface area contributed by atoms with E-state index in [0.29, 0.717) is 11.3 Å². The van der Waals surface area contributed by atoms with E-state index in [4.69, 9.17) is 4.74 Å². The Kier molecular flexibility index (Phi) is 7.72. The zero-order chi connectivity index (χ0) is 29.6. The van der Waals surface area contributed by atoms with E-state index in [0.717, 1.165) is 33.4 Å². The Labute approximate surface area is 238 Å². The van der Waals surface area contributed by atoms with Crippen LogP contribution in [0.5, 0.6) is 5.75 Å². The molecule has 1 saturated heterocycles. The number of carbonyl (C=O) groups is 2. The lowest BCUT2D eigenvalue weighted by atomic mass is 9.84. The summed E-state index contributed by atoms with van der Waals surface area (Å²) in [6.07, 6.45) is 0. The van der Waals surface area contributed by atoms with Gasteiger partial charge in [-0.15, -0.1) is 0 Å². The third kappa shape index (κ3) is 5.56. The molecule has 0 aliphatic carbocycles. The Bertz CT molecular complexity index is 1480. The number of carbonyl (C=O) groups excluding carboxylic acids is 2. The first-order valence-corrected chi connectivity index (χ1v) is 13.8. The molecule has 1 aliphatic heterocycles. The molecule has 0 radical (unpaired) electrons. The number of rotatable bonds is 5. The molecule has 0 bridgehead atoms. The molecule has 3 aromatic carbocycles. The second-order valence-corrected chi connectivity index (χ2v) is 12.9. The average molecular weight is 540 g/mol. The lowest BCUT2D eigenvalue weighted by molar-refractivity contribution is -0.140. The van der Waals surface area contributed by atoms with Gasteiger partial charge >= 0.3 is 0 Å². The van der Waals surface area contributed by atoms with Crippen LogP contribution in [0, 0.1) is 13.8 Å². The molecule has 1 heterocycles. The minimum Gasteiger partial charge on any atom is -0.507 e. The van der Waals surface area contributed by atoms with Crippen LogP contribution in [-0.2, 0) is 27.0 Å². The van der Waals surface area contributed by atoms with Gasteiger partial charge in [0.25, 0.3) is 11.7 Å². The summed E-state index contributed by atoms with van der Waals surface area (Å²) in [5.74, 6) is -1.11. The highest BCUT2D eigenvalue weighted by molar-refractivity contribution is 6.46. The maximum atomic E-state index is 13.7. The maximum Gasteiger partial charge on any atom is 0.295 e. The fraction of sp³-hybridized carbons (Fsp3) is 0.371. The normalized spacial score (nSPS) is 17.4. The number of benzene rings is 3. The van der Waals surface area contributed by atoms with Gasteiger partial charge < -0.3 is 14.7 Å². The van der Waals surface area contributed by atoms with Crippen LogP contribution in [0.15, 0.2) is 66.2 Å². The van der Waals surface area contributed by atoms with Gasteiger partial charge in [-0.2, -0.15) is 0 Å². The zero-order valence-electron chi connectivity index (χ0n) is 25.2. The van der Waals surface area contributed by atoms with Crippen molar-refractivity contribution in [3.63, 3.8) is 0 Å².